The molecule has 0 spiro atoms. The average Bonchev–Trinajstić information content (AvgIpc) is 2.64. The van der Waals surface area contributed by atoms with Gasteiger partial charge in [-0.1, -0.05) is 12.1 Å². The minimum atomic E-state index is -4.82. The highest BCUT2D eigenvalue weighted by Gasteiger charge is 2.31. The van der Waals surface area contributed by atoms with E-state index in [1.54, 1.807) is 0 Å². The first-order valence-electron chi connectivity index (χ1n) is 8.80. The van der Waals surface area contributed by atoms with Crippen LogP contribution in [0.5, 0.6) is 5.75 Å². The van der Waals surface area contributed by atoms with E-state index in [1.165, 1.54) is 24.1 Å². The molecular weight excluding hydrogens is 412 g/mol. The number of anilines is 1. The van der Waals surface area contributed by atoms with Gasteiger partial charge in [0.1, 0.15) is 17.6 Å². The molecule has 0 radical (unpaired) electrons. The van der Waals surface area contributed by atoms with Crippen molar-refractivity contribution in [1.29, 1.82) is 0 Å². The van der Waals surface area contributed by atoms with Gasteiger partial charge in [-0.2, -0.15) is 0 Å². The Morgan fingerprint density at radius 2 is 2.00 bits per heavy atom. The molecule has 1 atom stereocenters. The van der Waals surface area contributed by atoms with Gasteiger partial charge in [0.2, 0.25) is 5.95 Å². The second kappa shape index (κ2) is 8.69. The van der Waals surface area contributed by atoms with Gasteiger partial charge in [-0.05, 0) is 17.7 Å². The number of alkyl halides is 4. The molecule has 1 amide bonds. The summed E-state index contributed by atoms with van der Waals surface area (Å²) in [6.45, 7) is 0.135. The molecule has 0 aliphatic carbocycles. The standard InChI is InChI=1S/C18H18F4N4O4/c1-29-9-14(10-2-4-12(5-3-10)30-18(20,21)22)23-16(28)13-6-15(27)25-17(24-13)26-7-11(19)8-26/h2-6,11,14H,7-9H2,1H3,(H,23,28)(H,24,25,27). The van der Waals surface area contributed by atoms with Gasteiger partial charge in [0.25, 0.3) is 11.5 Å². The van der Waals surface area contributed by atoms with Crippen molar-refractivity contribution in [3.8, 4) is 5.75 Å². The first-order chi connectivity index (χ1) is 14.1. The third-order valence-electron chi connectivity index (χ3n) is 4.25. The van der Waals surface area contributed by atoms with Crippen LogP contribution in [-0.2, 0) is 4.74 Å². The fourth-order valence-corrected chi connectivity index (χ4v) is 2.83. The van der Waals surface area contributed by atoms with Gasteiger partial charge >= 0.3 is 6.36 Å². The number of methoxy groups -OCH3 is 1. The number of nitrogens with one attached hydrogen (secondary N) is 2. The van der Waals surface area contributed by atoms with E-state index < -0.39 is 35.8 Å². The molecule has 1 aromatic carbocycles. The number of rotatable bonds is 7. The molecule has 1 aliphatic heterocycles. The van der Waals surface area contributed by atoms with Crippen molar-refractivity contribution < 1.29 is 31.8 Å². The van der Waals surface area contributed by atoms with E-state index in [1.807, 2.05) is 0 Å². The molecule has 30 heavy (non-hydrogen) atoms. The van der Waals surface area contributed by atoms with Crippen LogP contribution in [0.3, 0.4) is 0 Å². The highest BCUT2D eigenvalue weighted by atomic mass is 19.4. The zero-order valence-corrected chi connectivity index (χ0v) is 15.7. The Kier molecular flexibility index (Phi) is 6.25. The number of hydrogen-bond donors (Lipinski definition) is 2. The Morgan fingerprint density at radius 1 is 1.33 bits per heavy atom. The van der Waals surface area contributed by atoms with Gasteiger partial charge in [-0.25, -0.2) is 9.37 Å². The summed E-state index contributed by atoms with van der Waals surface area (Å²) in [6.07, 6.45) is -5.84. The van der Waals surface area contributed by atoms with Crippen LogP contribution >= 0.6 is 0 Å². The summed E-state index contributed by atoms with van der Waals surface area (Å²) < 4.78 is 58.8. The Bertz CT molecular complexity index is 942. The fraction of sp³-hybridized carbons (Fsp3) is 0.389. The molecule has 1 aliphatic rings. The maximum atomic E-state index is 13.1. The molecule has 8 nitrogen and oxygen atoms in total. The molecule has 162 valence electrons. The van der Waals surface area contributed by atoms with Crippen LogP contribution in [0.25, 0.3) is 0 Å². The number of carbonyl (C=O) groups excluding carboxylic acids is 1. The van der Waals surface area contributed by atoms with Crippen LogP contribution < -0.4 is 20.5 Å². The number of hydrogen-bond acceptors (Lipinski definition) is 6. The molecule has 2 heterocycles. The van der Waals surface area contributed by atoms with E-state index in [9.17, 15) is 27.2 Å². The van der Waals surface area contributed by atoms with E-state index in [-0.39, 0.29) is 31.3 Å². The van der Waals surface area contributed by atoms with Crippen LogP contribution in [0.15, 0.2) is 35.1 Å². The topological polar surface area (TPSA) is 96.5 Å². The van der Waals surface area contributed by atoms with Crippen LogP contribution in [0, 0.1) is 0 Å². The lowest BCUT2D eigenvalue weighted by molar-refractivity contribution is -0.274. The number of aromatic nitrogens is 2. The van der Waals surface area contributed by atoms with Crippen molar-refractivity contribution in [2.75, 3.05) is 31.7 Å². The van der Waals surface area contributed by atoms with E-state index in [4.69, 9.17) is 4.74 Å². The highest BCUT2D eigenvalue weighted by molar-refractivity contribution is 5.92. The van der Waals surface area contributed by atoms with Gasteiger partial charge in [0.05, 0.1) is 25.7 Å². The molecule has 0 saturated carbocycles. The van der Waals surface area contributed by atoms with Gasteiger partial charge < -0.3 is 19.7 Å². The van der Waals surface area contributed by atoms with Crippen LogP contribution in [0.4, 0.5) is 23.5 Å². The van der Waals surface area contributed by atoms with Crippen LogP contribution in [0.1, 0.15) is 22.1 Å². The van der Waals surface area contributed by atoms with E-state index >= 15 is 0 Å². The van der Waals surface area contributed by atoms with Crippen LogP contribution in [0.2, 0.25) is 0 Å². The number of nitrogens with zero attached hydrogens (tertiary/aromatic N) is 2. The van der Waals surface area contributed by atoms with Crippen molar-refractivity contribution in [2.24, 2.45) is 0 Å². The second-order valence-corrected chi connectivity index (χ2v) is 6.55. The molecule has 2 aromatic rings. The molecule has 1 aromatic heterocycles. The maximum absolute atomic E-state index is 13.1. The molecule has 3 rings (SSSR count). The smallest absolute Gasteiger partial charge is 0.406 e. The Labute approximate surface area is 167 Å². The lowest BCUT2D eigenvalue weighted by Crippen LogP contribution is -2.50. The molecular formula is C18H18F4N4O4. The summed E-state index contributed by atoms with van der Waals surface area (Å²) in [5.41, 5.74) is -0.314. The van der Waals surface area contributed by atoms with E-state index in [0.717, 1.165) is 18.2 Å². The number of carbonyl (C=O) groups is 1. The van der Waals surface area contributed by atoms with Crippen molar-refractivity contribution in [1.82, 2.24) is 15.3 Å². The third-order valence-corrected chi connectivity index (χ3v) is 4.25. The SMILES string of the molecule is COCC(NC(=O)c1cc(=O)[nH]c(N2CC(F)C2)n1)c1ccc(OC(F)(F)F)cc1. The Hall–Kier alpha value is -3.15. The summed E-state index contributed by atoms with van der Waals surface area (Å²) in [6, 6.07) is 5.19. The van der Waals surface area contributed by atoms with Gasteiger partial charge in [-0.3, -0.25) is 14.6 Å². The number of amides is 1. The second-order valence-electron chi connectivity index (χ2n) is 6.55. The third kappa shape index (κ3) is 5.47. The first-order valence-corrected chi connectivity index (χ1v) is 8.80. The quantitative estimate of drug-likeness (QED) is 0.652. The Balaban J connectivity index is 1.75. The number of benzene rings is 1. The highest BCUT2D eigenvalue weighted by Crippen LogP contribution is 2.25. The Morgan fingerprint density at radius 3 is 2.57 bits per heavy atom. The van der Waals surface area contributed by atoms with Crippen molar-refractivity contribution >= 4 is 11.9 Å². The monoisotopic (exact) mass is 430 g/mol. The van der Waals surface area contributed by atoms with Gasteiger partial charge in [0, 0.05) is 13.2 Å². The maximum Gasteiger partial charge on any atom is 0.573 e. The fourth-order valence-electron chi connectivity index (χ4n) is 2.83. The lowest BCUT2D eigenvalue weighted by atomic mass is 10.1. The zero-order valence-electron chi connectivity index (χ0n) is 15.7. The molecule has 1 fully saturated rings. The first kappa shape index (κ1) is 21.6. The molecule has 1 saturated heterocycles. The predicted octanol–water partition coefficient (Wildman–Crippen LogP) is 1.94. The average molecular weight is 430 g/mol. The predicted molar refractivity (Wildman–Crippen MR) is 97.2 cm³/mol. The summed E-state index contributed by atoms with van der Waals surface area (Å²) >= 11 is 0. The molecule has 1 unspecified atom stereocenters. The number of H-pyrrole nitrogens is 1. The summed E-state index contributed by atoms with van der Waals surface area (Å²) in [4.78, 5) is 32.4. The van der Waals surface area contributed by atoms with E-state index in [0.29, 0.717) is 5.56 Å². The lowest BCUT2D eigenvalue weighted by Gasteiger charge is -2.34. The van der Waals surface area contributed by atoms with Gasteiger partial charge in [-0.15, -0.1) is 13.2 Å². The molecule has 12 heteroatoms. The molecule has 0 bridgehead atoms. The normalized spacial score (nSPS) is 15.4. The summed E-state index contributed by atoms with van der Waals surface area (Å²) in [5, 5.41) is 2.62. The summed E-state index contributed by atoms with van der Waals surface area (Å²) in [5.74, 6) is -1.02. The van der Waals surface area contributed by atoms with Crippen molar-refractivity contribution in [3.63, 3.8) is 0 Å². The van der Waals surface area contributed by atoms with E-state index in [2.05, 4.69) is 20.0 Å². The minimum absolute atomic E-state index is 0.0108. The van der Waals surface area contributed by atoms with Crippen molar-refractivity contribution in [3.05, 3.63) is 51.9 Å². The number of halogens is 4. The zero-order chi connectivity index (χ0) is 21.9. The molecule has 2 N–H and O–H groups in total. The minimum Gasteiger partial charge on any atom is -0.406 e. The van der Waals surface area contributed by atoms with Crippen LogP contribution in [-0.4, -0.2) is 55.2 Å². The van der Waals surface area contributed by atoms with Crippen molar-refractivity contribution in [2.45, 2.75) is 18.6 Å². The van der Waals surface area contributed by atoms with Gasteiger partial charge in [0.15, 0.2) is 0 Å². The largest absolute Gasteiger partial charge is 0.573 e. The number of ether oxygens (including phenoxy) is 2. The summed E-state index contributed by atoms with van der Waals surface area (Å²) in [7, 11) is 1.39. The number of aromatic amines is 1.